The molecular formula is C10H7BrN2O3S. The number of amides is 1. The van der Waals surface area contributed by atoms with Gasteiger partial charge in [0.2, 0.25) is 0 Å². The van der Waals surface area contributed by atoms with Crippen molar-refractivity contribution in [2.24, 2.45) is 0 Å². The molecule has 2 rings (SSSR count). The summed E-state index contributed by atoms with van der Waals surface area (Å²) < 4.78 is 0.794. The molecule has 0 aliphatic carbocycles. The second-order valence-corrected chi connectivity index (χ2v) is 5.53. The number of thiazole rings is 1. The van der Waals surface area contributed by atoms with Crippen molar-refractivity contribution in [1.82, 2.24) is 4.98 Å². The van der Waals surface area contributed by atoms with Gasteiger partial charge in [0.25, 0.3) is 5.91 Å². The van der Waals surface area contributed by atoms with E-state index >= 15 is 0 Å². The molecule has 0 saturated carbocycles. The first-order valence-corrected chi connectivity index (χ1v) is 6.12. The van der Waals surface area contributed by atoms with Gasteiger partial charge in [0.1, 0.15) is 11.5 Å². The third kappa shape index (κ3) is 2.75. The SMILES string of the molecule is O=C(Nc1ncc(Br)s1)c1ccc(O)cc1O. The minimum Gasteiger partial charge on any atom is -0.508 e. The van der Waals surface area contributed by atoms with Gasteiger partial charge in [-0.1, -0.05) is 11.3 Å². The van der Waals surface area contributed by atoms with Gasteiger partial charge in [-0.2, -0.15) is 0 Å². The van der Waals surface area contributed by atoms with Gasteiger partial charge in [0, 0.05) is 6.07 Å². The summed E-state index contributed by atoms with van der Waals surface area (Å²) in [6.07, 6.45) is 1.57. The summed E-state index contributed by atoms with van der Waals surface area (Å²) in [4.78, 5) is 15.7. The van der Waals surface area contributed by atoms with E-state index < -0.39 is 5.91 Å². The van der Waals surface area contributed by atoms with E-state index in [0.717, 1.165) is 9.85 Å². The number of aromatic hydroxyl groups is 2. The topological polar surface area (TPSA) is 82.5 Å². The highest BCUT2D eigenvalue weighted by molar-refractivity contribution is 9.11. The molecule has 1 amide bonds. The quantitative estimate of drug-likeness (QED) is 0.795. The molecule has 3 N–H and O–H groups in total. The van der Waals surface area contributed by atoms with Crippen molar-refractivity contribution in [2.45, 2.75) is 0 Å². The first-order chi connectivity index (χ1) is 8.06. The highest BCUT2D eigenvalue weighted by Gasteiger charge is 2.13. The maximum Gasteiger partial charge on any atom is 0.261 e. The van der Waals surface area contributed by atoms with Crippen LogP contribution >= 0.6 is 27.3 Å². The first-order valence-electron chi connectivity index (χ1n) is 4.51. The molecule has 5 nitrogen and oxygen atoms in total. The van der Waals surface area contributed by atoms with Gasteiger partial charge in [-0.05, 0) is 28.1 Å². The lowest BCUT2D eigenvalue weighted by Gasteiger charge is -2.04. The Morgan fingerprint density at radius 2 is 2.18 bits per heavy atom. The lowest BCUT2D eigenvalue weighted by molar-refractivity contribution is 0.102. The average molecular weight is 315 g/mol. The first kappa shape index (κ1) is 11.9. The number of anilines is 1. The molecule has 0 radical (unpaired) electrons. The Kier molecular flexibility index (Phi) is 3.30. The van der Waals surface area contributed by atoms with Crippen LogP contribution in [0.2, 0.25) is 0 Å². The number of hydrogen-bond acceptors (Lipinski definition) is 5. The Balaban J connectivity index is 2.20. The number of rotatable bonds is 2. The molecule has 0 spiro atoms. The van der Waals surface area contributed by atoms with E-state index in [1.807, 2.05) is 0 Å². The molecule has 0 aliphatic rings. The molecule has 0 bridgehead atoms. The van der Waals surface area contributed by atoms with E-state index in [0.29, 0.717) is 5.13 Å². The van der Waals surface area contributed by atoms with Crippen LogP contribution in [0.25, 0.3) is 0 Å². The highest BCUT2D eigenvalue weighted by Crippen LogP contribution is 2.26. The maximum absolute atomic E-state index is 11.8. The molecule has 0 fully saturated rings. The molecular weight excluding hydrogens is 308 g/mol. The Bertz CT molecular complexity index is 570. The molecule has 0 atom stereocenters. The largest absolute Gasteiger partial charge is 0.508 e. The van der Waals surface area contributed by atoms with E-state index in [2.05, 4.69) is 26.2 Å². The van der Waals surface area contributed by atoms with Crippen LogP contribution in [0.5, 0.6) is 11.5 Å². The second-order valence-electron chi connectivity index (χ2n) is 3.13. The zero-order valence-electron chi connectivity index (χ0n) is 8.35. The van der Waals surface area contributed by atoms with E-state index in [1.165, 1.54) is 23.5 Å². The fourth-order valence-corrected chi connectivity index (χ4v) is 2.29. The Hall–Kier alpha value is -1.60. The van der Waals surface area contributed by atoms with Crippen molar-refractivity contribution in [1.29, 1.82) is 0 Å². The van der Waals surface area contributed by atoms with Crippen molar-refractivity contribution < 1.29 is 15.0 Å². The summed E-state index contributed by atoms with van der Waals surface area (Å²) >= 11 is 4.49. The lowest BCUT2D eigenvalue weighted by atomic mass is 10.2. The van der Waals surface area contributed by atoms with Gasteiger partial charge < -0.3 is 10.2 Å². The summed E-state index contributed by atoms with van der Waals surface area (Å²) in [7, 11) is 0. The predicted octanol–water partition coefficient (Wildman–Crippen LogP) is 2.57. The minimum absolute atomic E-state index is 0.0779. The van der Waals surface area contributed by atoms with Crippen LogP contribution < -0.4 is 5.32 Å². The number of carbonyl (C=O) groups excluding carboxylic acids is 1. The Labute approximate surface area is 109 Å². The zero-order valence-corrected chi connectivity index (χ0v) is 10.7. The summed E-state index contributed by atoms with van der Waals surface area (Å²) in [5.41, 5.74) is 0.0779. The van der Waals surface area contributed by atoms with Gasteiger partial charge in [-0.25, -0.2) is 4.98 Å². The van der Waals surface area contributed by atoms with Gasteiger partial charge in [-0.15, -0.1) is 0 Å². The Morgan fingerprint density at radius 1 is 1.41 bits per heavy atom. The van der Waals surface area contributed by atoms with Crippen LogP contribution in [0, 0.1) is 0 Å². The smallest absolute Gasteiger partial charge is 0.261 e. The molecule has 0 aliphatic heterocycles. The third-order valence-electron chi connectivity index (χ3n) is 1.92. The summed E-state index contributed by atoms with van der Waals surface area (Å²) in [5, 5.41) is 21.6. The summed E-state index contributed by atoms with van der Waals surface area (Å²) in [5.74, 6) is -0.862. The van der Waals surface area contributed by atoms with Crippen molar-refractivity contribution >= 4 is 38.3 Å². The predicted molar refractivity (Wildman–Crippen MR) is 67.5 cm³/mol. The van der Waals surface area contributed by atoms with E-state index in [9.17, 15) is 9.90 Å². The zero-order chi connectivity index (χ0) is 12.4. The molecule has 88 valence electrons. The minimum atomic E-state index is -0.482. The number of nitrogens with zero attached hydrogens (tertiary/aromatic N) is 1. The van der Waals surface area contributed by atoms with Gasteiger partial charge in [0.15, 0.2) is 5.13 Å². The molecule has 1 aromatic carbocycles. The number of carbonyl (C=O) groups is 1. The molecule has 1 aromatic heterocycles. The monoisotopic (exact) mass is 314 g/mol. The van der Waals surface area contributed by atoms with Crippen LogP contribution in [0.15, 0.2) is 28.2 Å². The number of hydrogen-bond donors (Lipinski definition) is 3. The van der Waals surface area contributed by atoms with Crippen LogP contribution in [0.4, 0.5) is 5.13 Å². The number of benzene rings is 1. The average Bonchev–Trinajstić information content (AvgIpc) is 2.63. The second kappa shape index (κ2) is 4.72. The van der Waals surface area contributed by atoms with Crippen LogP contribution in [0.1, 0.15) is 10.4 Å². The maximum atomic E-state index is 11.8. The molecule has 17 heavy (non-hydrogen) atoms. The van der Waals surface area contributed by atoms with Crippen molar-refractivity contribution in [3.05, 3.63) is 33.7 Å². The van der Waals surface area contributed by atoms with Crippen LogP contribution in [-0.4, -0.2) is 21.1 Å². The summed E-state index contributed by atoms with van der Waals surface area (Å²) in [6.45, 7) is 0. The van der Waals surface area contributed by atoms with Gasteiger partial charge >= 0.3 is 0 Å². The van der Waals surface area contributed by atoms with Crippen molar-refractivity contribution in [2.75, 3.05) is 5.32 Å². The van der Waals surface area contributed by atoms with Gasteiger partial charge in [0.05, 0.1) is 15.5 Å². The van der Waals surface area contributed by atoms with E-state index in [1.54, 1.807) is 6.20 Å². The number of phenolic OH excluding ortho intramolecular Hbond substituents is 2. The van der Waals surface area contributed by atoms with Crippen molar-refractivity contribution in [3.63, 3.8) is 0 Å². The molecule has 2 aromatic rings. The lowest BCUT2D eigenvalue weighted by Crippen LogP contribution is -2.11. The Morgan fingerprint density at radius 3 is 2.76 bits per heavy atom. The van der Waals surface area contributed by atoms with E-state index in [-0.39, 0.29) is 17.1 Å². The number of halogens is 1. The standard InChI is InChI=1S/C10H7BrN2O3S/c11-8-4-12-10(17-8)13-9(16)6-2-1-5(14)3-7(6)15/h1-4,14-15H,(H,12,13,16). The number of aromatic nitrogens is 1. The third-order valence-corrected chi connectivity index (χ3v) is 3.32. The molecule has 0 saturated heterocycles. The van der Waals surface area contributed by atoms with Gasteiger partial charge in [-0.3, -0.25) is 10.1 Å². The van der Waals surface area contributed by atoms with Crippen molar-refractivity contribution in [3.8, 4) is 11.5 Å². The number of nitrogens with one attached hydrogen (secondary N) is 1. The van der Waals surface area contributed by atoms with E-state index in [4.69, 9.17) is 5.11 Å². The number of phenols is 2. The normalized spacial score (nSPS) is 10.2. The fraction of sp³-hybridized carbons (Fsp3) is 0. The van der Waals surface area contributed by atoms with Crippen LogP contribution in [0.3, 0.4) is 0 Å². The molecule has 7 heteroatoms. The fourth-order valence-electron chi connectivity index (χ4n) is 1.19. The highest BCUT2D eigenvalue weighted by atomic mass is 79.9. The molecule has 1 heterocycles. The molecule has 0 unspecified atom stereocenters. The van der Waals surface area contributed by atoms with Crippen LogP contribution in [-0.2, 0) is 0 Å². The summed E-state index contributed by atoms with van der Waals surface area (Å²) in [6, 6.07) is 3.77.